The lowest BCUT2D eigenvalue weighted by Gasteiger charge is -2.27. The fourth-order valence-corrected chi connectivity index (χ4v) is 4.41. The maximum Gasteiger partial charge on any atom is 0.276 e. The van der Waals surface area contributed by atoms with Gasteiger partial charge in [-0.2, -0.15) is 8.42 Å². The van der Waals surface area contributed by atoms with Crippen LogP contribution in [0, 0.1) is 0 Å². The highest BCUT2D eigenvalue weighted by Crippen LogP contribution is 2.31. The molecule has 0 aromatic carbocycles. The molecule has 1 aliphatic rings. The molecule has 24 heavy (non-hydrogen) atoms. The highest BCUT2D eigenvalue weighted by Gasteiger charge is 2.38. The summed E-state index contributed by atoms with van der Waals surface area (Å²) in [6, 6.07) is 0. The van der Waals surface area contributed by atoms with E-state index < -0.39 is 14.9 Å². The molecular weight excluding hydrogens is 320 g/mol. The Balaban J connectivity index is 2.10. The summed E-state index contributed by atoms with van der Waals surface area (Å²) >= 11 is 0. The van der Waals surface area contributed by atoms with E-state index in [4.69, 9.17) is 4.18 Å². The van der Waals surface area contributed by atoms with Crippen LogP contribution in [0.1, 0.15) is 91.4 Å². The first-order valence-electron chi connectivity index (χ1n) is 9.65. The van der Waals surface area contributed by atoms with Crippen molar-refractivity contribution in [3.63, 3.8) is 0 Å². The summed E-state index contributed by atoms with van der Waals surface area (Å²) < 4.78 is 29.2. The molecule has 0 heterocycles. The van der Waals surface area contributed by atoms with E-state index in [9.17, 15) is 8.42 Å². The minimum atomic E-state index is -3.55. The zero-order chi connectivity index (χ0) is 17.9. The van der Waals surface area contributed by atoms with E-state index in [1.165, 1.54) is 51.4 Å². The zero-order valence-corrected chi connectivity index (χ0v) is 16.7. The Morgan fingerprint density at radius 1 is 1.00 bits per heavy atom. The predicted octanol–water partition coefficient (Wildman–Crippen LogP) is 5.92. The second kappa shape index (κ2) is 11.1. The first kappa shape index (κ1) is 21.4. The summed E-state index contributed by atoms with van der Waals surface area (Å²) in [6.07, 6.45) is 18.4. The van der Waals surface area contributed by atoms with Crippen LogP contribution in [-0.2, 0) is 14.3 Å². The van der Waals surface area contributed by atoms with Crippen molar-refractivity contribution in [3.05, 3.63) is 23.8 Å². The average Bonchev–Trinajstić information content (AvgIpc) is 2.52. The number of hydrogen-bond acceptors (Lipinski definition) is 3. The Labute approximate surface area is 149 Å². The summed E-state index contributed by atoms with van der Waals surface area (Å²) in [5, 5.41) is 0. The third-order valence-electron chi connectivity index (χ3n) is 4.77. The largest absolute Gasteiger partial charge is 0.276 e. The van der Waals surface area contributed by atoms with E-state index in [1.54, 1.807) is 13.0 Å². The zero-order valence-electron chi connectivity index (χ0n) is 15.9. The van der Waals surface area contributed by atoms with E-state index in [1.807, 2.05) is 19.1 Å². The fourth-order valence-electron chi connectivity index (χ4n) is 3.15. The molecule has 0 radical (unpaired) electrons. The van der Waals surface area contributed by atoms with Crippen LogP contribution < -0.4 is 0 Å². The van der Waals surface area contributed by atoms with Gasteiger partial charge in [-0.3, -0.25) is 4.18 Å². The van der Waals surface area contributed by atoms with Crippen LogP contribution >= 0.6 is 0 Å². The lowest BCUT2D eigenvalue weighted by Crippen LogP contribution is -2.36. The van der Waals surface area contributed by atoms with Gasteiger partial charge < -0.3 is 0 Å². The summed E-state index contributed by atoms with van der Waals surface area (Å²) in [6.45, 7) is 6.25. The third kappa shape index (κ3) is 7.52. The van der Waals surface area contributed by atoms with Crippen LogP contribution in [-0.4, -0.2) is 19.8 Å². The van der Waals surface area contributed by atoms with Crippen molar-refractivity contribution in [2.75, 3.05) is 6.61 Å². The standard InChI is InChI=1S/C20H36O3S/c1-4-5-6-7-8-9-10-11-12-13-17-23-24(21,22)20(3)16-14-15-19(2)18-20/h14-16H,4-13,17-18H2,1-3H3. The van der Waals surface area contributed by atoms with Crippen LogP contribution in [0.25, 0.3) is 0 Å². The van der Waals surface area contributed by atoms with Gasteiger partial charge in [0.1, 0.15) is 4.75 Å². The molecule has 0 saturated carbocycles. The Kier molecular flexibility index (Phi) is 9.91. The summed E-state index contributed by atoms with van der Waals surface area (Å²) in [4.78, 5) is 0. The molecule has 0 aromatic rings. The number of allylic oxidation sites excluding steroid dienone is 3. The Morgan fingerprint density at radius 3 is 2.08 bits per heavy atom. The second-order valence-corrected chi connectivity index (χ2v) is 9.40. The van der Waals surface area contributed by atoms with Gasteiger partial charge >= 0.3 is 0 Å². The highest BCUT2D eigenvalue weighted by molar-refractivity contribution is 7.88. The van der Waals surface area contributed by atoms with Gasteiger partial charge in [0.25, 0.3) is 10.1 Å². The molecule has 1 atom stereocenters. The lowest BCUT2D eigenvalue weighted by atomic mass is 9.96. The van der Waals surface area contributed by atoms with Crippen LogP contribution in [0.3, 0.4) is 0 Å². The number of rotatable bonds is 13. The van der Waals surface area contributed by atoms with E-state index in [2.05, 4.69) is 6.92 Å². The van der Waals surface area contributed by atoms with Crippen molar-refractivity contribution in [1.29, 1.82) is 0 Å². The van der Waals surface area contributed by atoms with Crippen molar-refractivity contribution in [3.8, 4) is 0 Å². The quantitative estimate of drug-likeness (QED) is 0.304. The van der Waals surface area contributed by atoms with E-state index in [-0.39, 0.29) is 0 Å². The molecule has 0 spiro atoms. The maximum absolute atomic E-state index is 12.4. The molecule has 0 saturated heterocycles. The SMILES string of the molecule is CCCCCCCCCCCCOS(=O)(=O)C1(C)C=CC=C(C)C1. The van der Waals surface area contributed by atoms with Crippen molar-refractivity contribution >= 4 is 10.1 Å². The normalized spacial score (nSPS) is 21.0. The molecule has 1 rings (SSSR count). The molecule has 0 aliphatic heterocycles. The average molecular weight is 357 g/mol. The van der Waals surface area contributed by atoms with Gasteiger partial charge in [0.05, 0.1) is 6.61 Å². The maximum atomic E-state index is 12.4. The molecule has 0 bridgehead atoms. The molecule has 0 aromatic heterocycles. The van der Waals surface area contributed by atoms with Gasteiger partial charge in [0.2, 0.25) is 0 Å². The second-order valence-electron chi connectivity index (χ2n) is 7.32. The minimum absolute atomic E-state index is 0.311. The summed E-state index contributed by atoms with van der Waals surface area (Å²) in [5.41, 5.74) is 1.08. The summed E-state index contributed by atoms with van der Waals surface area (Å²) in [5.74, 6) is 0. The van der Waals surface area contributed by atoms with Gasteiger partial charge in [-0.25, -0.2) is 0 Å². The smallest absolute Gasteiger partial charge is 0.269 e. The van der Waals surface area contributed by atoms with Crippen LogP contribution in [0.15, 0.2) is 23.8 Å². The molecule has 4 heteroatoms. The van der Waals surface area contributed by atoms with Crippen LogP contribution in [0.2, 0.25) is 0 Å². The van der Waals surface area contributed by atoms with Gasteiger partial charge in [-0.1, -0.05) is 88.5 Å². The van der Waals surface area contributed by atoms with Gasteiger partial charge in [0.15, 0.2) is 0 Å². The van der Waals surface area contributed by atoms with E-state index in [0.717, 1.165) is 18.4 Å². The molecule has 1 aliphatic carbocycles. The van der Waals surface area contributed by atoms with Crippen molar-refractivity contribution < 1.29 is 12.6 Å². The first-order valence-corrected chi connectivity index (χ1v) is 11.1. The van der Waals surface area contributed by atoms with Crippen molar-refractivity contribution in [2.24, 2.45) is 0 Å². The summed E-state index contributed by atoms with van der Waals surface area (Å²) in [7, 11) is -3.55. The minimum Gasteiger partial charge on any atom is -0.269 e. The molecule has 140 valence electrons. The van der Waals surface area contributed by atoms with E-state index in [0.29, 0.717) is 13.0 Å². The molecule has 0 N–H and O–H groups in total. The monoisotopic (exact) mass is 356 g/mol. The van der Waals surface area contributed by atoms with Crippen molar-refractivity contribution in [2.45, 2.75) is 96.1 Å². The topological polar surface area (TPSA) is 43.4 Å². The molecule has 0 amide bonds. The van der Waals surface area contributed by atoms with Gasteiger partial charge in [-0.05, 0) is 26.7 Å². The highest BCUT2D eigenvalue weighted by atomic mass is 32.2. The van der Waals surface area contributed by atoms with Gasteiger partial charge in [0, 0.05) is 0 Å². The Morgan fingerprint density at radius 2 is 1.54 bits per heavy atom. The number of hydrogen-bond donors (Lipinski definition) is 0. The Bertz CT molecular complexity index is 505. The van der Waals surface area contributed by atoms with Crippen molar-refractivity contribution in [1.82, 2.24) is 0 Å². The predicted molar refractivity (Wildman–Crippen MR) is 103 cm³/mol. The van der Waals surface area contributed by atoms with Crippen LogP contribution in [0.5, 0.6) is 0 Å². The van der Waals surface area contributed by atoms with Gasteiger partial charge in [-0.15, -0.1) is 0 Å². The van der Waals surface area contributed by atoms with Crippen LogP contribution in [0.4, 0.5) is 0 Å². The molecule has 1 unspecified atom stereocenters. The Hall–Kier alpha value is -0.610. The third-order valence-corrected chi connectivity index (χ3v) is 6.67. The molecule has 0 fully saturated rings. The molecule has 3 nitrogen and oxygen atoms in total. The van der Waals surface area contributed by atoms with E-state index >= 15 is 0 Å². The molecular formula is C20H36O3S. The lowest BCUT2D eigenvalue weighted by molar-refractivity contribution is 0.294. The first-order chi connectivity index (χ1) is 11.4. The fraction of sp³-hybridized carbons (Fsp3) is 0.800. The number of unbranched alkanes of at least 4 members (excludes halogenated alkanes) is 9.